The number of nitrogens with zero attached hydrogens (tertiary/aromatic N) is 5. The average Bonchev–Trinajstić information content (AvgIpc) is 3.37. The molecule has 0 bridgehead atoms. The van der Waals surface area contributed by atoms with Gasteiger partial charge in [0.1, 0.15) is 51.8 Å². The van der Waals surface area contributed by atoms with Crippen molar-refractivity contribution in [2.45, 2.75) is 65.2 Å². The van der Waals surface area contributed by atoms with Crippen LogP contribution in [0.25, 0.3) is 32.1 Å². The predicted octanol–water partition coefficient (Wildman–Crippen LogP) is 8.98. The number of pyridine rings is 1. The van der Waals surface area contributed by atoms with Crippen LogP contribution < -0.4 is 25.0 Å². The number of halogens is 2. The van der Waals surface area contributed by atoms with E-state index in [0.29, 0.717) is 5.56 Å². The first kappa shape index (κ1) is 39.4. The van der Waals surface area contributed by atoms with Crippen molar-refractivity contribution in [2.24, 2.45) is 0 Å². The number of aromatic hydroxyl groups is 1. The van der Waals surface area contributed by atoms with Gasteiger partial charge in [0.05, 0.1) is 40.9 Å². The van der Waals surface area contributed by atoms with Crippen LogP contribution in [-0.2, 0) is 9.47 Å². The van der Waals surface area contributed by atoms with Crippen molar-refractivity contribution in [3.63, 3.8) is 0 Å². The van der Waals surface area contributed by atoms with Crippen LogP contribution in [0.3, 0.4) is 0 Å². The summed E-state index contributed by atoms with van der Waals surface area (Å²) in [6.45, 7) is 14.2. The van der Waals surface area contributed by atoms with E-state index in [4.69, 9.17) is 18.9 Å². The average molecular weight is 788 g/mol. The van der Waals surface area contributed by atoms with Crippen molar-refractivity contribution < 1.29 is 42.4 Å². The second kappa shape index (κ2) is 15.1. The molecule has 2 aromatic carbocycles. The van der Waals surface area contributed by atoms with Gasteiger partial charge in [0.25, 0.3) is 0 Å². The Balaban J connectivity index is 1.56. The van der Waals surface area contributed by atoms with Crippen molar-refractivity contribution in [1.29, 1.82) is 5.26 Å². The van der Waals surface area contributed by atoms with E-state index in [9.17, 15) is 20.0 Å². The Bertz CT molecular complexity index is 2440. The monoisotopic (exact) mass is 787 g/mol. The molecule has 292 valence electrons. The fourth-order valence-electron chi connectivity index (χ4n) is 6.33. The van der Waals surface area contributed by atoms with Crippen molar-refractivity contribution >= 4 is 61.1 Å². The van der Waals surface area contributed by atoms with Crippen molar-refractivity contribution in [3.05, 3.63) is 65.9 Å². The molecule has 4 heterocycles. The van der Waals surface area contributed by atoms with E-state index < -0.39 is 52.4 Å². The van der Waals surface area contributed by atoms with Gasteiger partial charge in [-0.1, -0.05) is 18.2 Å². The van der Waals surface area contributed by atoms with Gasteiger partial charge in [-0.15, -0.1) is 17.9 Å². The van der Waals surface area contributed by atoms with Crippen LogP contribution in [-0.4, -0.2) is 63.7 Å². The summed E-state index contributed by atoms with van der Waals surface area (Å²) < 4.78 is 55.0. The van der Waals surface area contributed by atoms with Crippen LogP contribution >= 0.6 is 11.3 Å². The van der Waals surface area contributed by atoms with E-state index in [1.807, 2.05) is 6.07 Å². The summed E-state index contributed by atoms with van der Waals surface area (Å²) in [6, 6.07) is 6.88. The number of nitrogens with one attached hydrogen (secondary N) is 2. The van der Waals surface area contributed by atoms with Crippen molar-refractivity contribution in [3.8, 4) is 34.7 Å². The van der Waals surface area contributed by atoms with Gasteiger partial charge in [-0.25, -0.2) is 23.4 Å². The number of rotatable bonds is 8. The molecule has 0 saturated heterocycles. The summed E-state index contributed by atoms with van der Waals surface area (Å²) in [5, 5.41) is 27.4. The lowest BCUT2D eigenvalue weighted by molar-refractivity contribution is 0.0624. The number of amides is 2. The Kier molecular flexibility index (Phi) is 10.6. The Labute approximate surface area is 324 Å². The number of fused-ring (bicyclic) bond motifs is 1. The highest BCUT2D eigenvalue weighted by atomic mass is 32.1. The maximum Gasteiger partial charge on any atom is 0.413 e. The lowest BCUT2D eigenvalue weighted by Gasteiger charge is -2.33. The standard InChI is InChI=1S/C39H39F2N7O7S/c1-9-11-23(19-12-10-15-43-32(19)45-36(50)54-38(2,3)4)48-16-17-53-30-26-28(44-35(52-8)46-33(26)48)27(41)25(29(30)49)20-13-14-22(40)31-24(20)21(18-42)34(56-31)47-37(51)55-39(5,6)7/h9-10,12-15,23,49H,1,11,16-17H2,2-8H3,(H,47,51)(H,43,45,50). The number of ether oxygens (including phenoxy) is 4. The molecular weight excluding hydrogens is 749 g/mol. The Morgan fingerprint density at radius 1 is 1.11 bits per heavy atom. The molecule has 14 nitrogen and oxygen atoms in total. The zero-order chi connectivity index (χ0) is 40.7. The van der Waals surface area contributed by atoms with Crippen LogP contribution in [0.4, 0.5) is 35.0 Å². The highest BCUT2D eigenvalue weighted by molar-refractivity contribution is 7.23. The third kappa shape index (κ3) is 7.65. The first-order valence-electron chi connectivity index (χ1n) is 17.4. The smallest absolute Gasteiger partial charge is 0.413 e. The number of phenolic OH excluding ortho intramolecular Hbond substituents is 1. The van der Waals surface area contributed by atoms with Gasteiger partial charge in [-0.2, -0.15) is 15.2 Å². The van der Waals surface area contributed by atoms with E-state index in [0.717, 1.165) is 17.4 Å². The number of hydrogen-bond acceptors (Lipinski definition) is 13. The minimum Gasteiger partial charge on any atom is -0.504 e. The number of anilines is 3. The minimum atomic E-state index is -1.05. The van der Waals surface area contributed by atoms with E-state index in [2.05, 4.69) is 32.2 Å². The molecule has 0 radical (unpaired) electrons. The van der Waals surface area contributed by atoms with Gasteiger partial charge < -0.3 is 29.0 Å². The molecule has 3 N–H and O–H groups in total. The number of methoxy groups -OCH3 is 1. The van der Waals surface area contributed by atoms with Gasteiger partial charge >= 0.3 is 18.2 Å². The summed E-state index contributed by atoms with van der Waals surface area (Å²) >= 11 is 0.755. The van der Waals surface area contributed by atoms with E-state index in [-0.39, 0.29) is 80.1 Å². The summed E-state index contributed by atoms with van der Waals surface area (Å²) in [4.78, 5) is 40.7. The lowest BCUT2D eigenvalue weighted by atomic mass is 9.95. The molecule has 0 spiro atoms. The van der Waals surface area contributed by atoms with Crippen LogP contribution in [0.1, 0.15) is 65.1 Å². The predicted molar refractivity (Wildman–Crippen MR) is 208 cm³/mol. The fourth-order valence-corrected chi connectivity index (χ4v) is 7.40. The Hall–Kier alpha value is -6.28. The highest BCUT2D eigenvalue weighted by Gasteiger charge is 2.35. The highest BCUT2D eigenvalue weighted by Crippen LogP contribution is 2.53. The first-order chi connectivity index (χ1) is 26.5. The lowest BCUT2D eigenvalue weighted by Crippen LogP contribution is -2.33. The molecule has 17 heteroatoms. The molecule has 0 aliphatic carbocycles. The quantitative estimate of drug-likeness (QED) is 0.127. The zero-order valence-electron chi connectivity index (χ0n) is 31.7. The number of benzene rings is 2. The molecule has 6 rings (SSSR count). The molecule has 1 unspecified atom stereocenters. The molecule has 0 saturated carbocycles. The summed E-state index contributed by atoms with van der Waals surface area (Å²) in [5.74, 6) is -2.31. The summed E-state index contributed by atoms with van der Waals surface area (Å²) in [6.07, 6.45) is 1.85. The van der Waals surface area contributed by atoms with Gasteiger partial charge in [-0.05, 0) is 65.7 Å². The normalized spacial score (nSPS) is 13.3. The molecule has 56 heavy (non-hydrogen) atoms. The van der Waals surface area contributed by atoms with Gasteiger partial charge in [-0.3, -0.25) is 10.6 Å². The third-order valence-corrected chi connectivity index (χ3v) is 9.49. The number of nitriles is 1. The number of hydrogen-bond donors (Lipinski definition) is 3. The fraction of sp³-hybridized carbons (Fsp3) is 0.333. The number of carbonyl (C=O) groups excluding carboxylic acids is 2. The SMILES string of the molecule is C=CCC(c1cccnc1NC(=O)OC(C)(C)C)N1CCOc2c(O)c(-c3ccc(F)c4sc(NC(=O)OC(C)(C)C)c(C#N)c34)c(F)c3nc(OC)nc1c23. The molecule has 1 aliphatic heterocycles. The van der Waals surface area contributed by atoms with Crippen LogP contribution in [0.5, 0.6) is 17.5 Å². The summed E-state index contributed by atoms with van der Waals surface area (Å²) in [7, 11) is 1.31. The molecular formula is C39H39F2N7O7S. The van der Waals surface area contributed by atoms with Crippen molar-refractivity contribution in [2.75, 3.05) is 35.8 Å². The molecule has 3 aromatic heterocycles. The number of aromatic nitrogens is 3. The van der Waals surface area contributed by atoms with Crippen LogP contribution in [0.2, 0.25) is 0 Å². The van der Waals surface area contributed by atoms with Crippen LogP contribution in [0, 0.1) is 23.0 Å². The Morgan fingerprint density at radius 2 is 1.80 bits per heavy atom. The summed E-state index contributed by atoms with van der Waals surface area (Å²) in [5.41, 5.74) is -2.10. The van der Waals surface area contributed by atoms with E-state index in [1.54, 1.807) is 64.7 Å². The molecule has 1 atom stereocenters. The number of thiophene rings is 1. The minimum absolute atomic E-state index is 0.00174. The molecule has 0 fully saturated rings. The van der Waals surface area contributed by atoms with Gasteiger partial charge in [0, 0.05) is 17.1 Å². The van der Waals surface area contributed by atoms with E-state index in [1.165, 1.54) is 19.4 Å². The van der Waals surface area contributed by atoms with Gasteiger partial charge in [0.2, 0.25) is 0 Å². The van der Waals surface area contributed by atoms with E-state index >= 15 is 8.78 Å². The zero-order valence-corrected chi connectivity index (χ0v) is 32.5. The maximum absolute atomic E-state index is 17.3. The third-order valence-electron chi connectivity index (χ3n) is 8.38. The topological polar surface area (TPSA) is 181 Å². The van der Waals surface area contributed by atoms with Gasteiger partial charge in [0.15, 0.2) is 17.3 Å². The number of phenols is 1. The second-order valence-electron chi connectivity index (χ2n) is 14.6. The first-order valence-corrected chi connectivity index (χ1v) is 18.2. The Morgan fingerprint density at radius 3 is 2.45 bits per heavy atom. The molecule has 1 aliphatic rings. The second-order valence-corrected chi connectivity index (χ2v) is 15.6. The van der Waals surface area contributed by atoms with Crippen LogP contribution in [0.15, 0.2) is 43.1 Å². The largest absolute Gasteiger partial charge is 0.504 e. The number of carbonyl (C=O) groups is 2. The molecule has 5 aromatic rings. The van der Waals surface area contributed by atoms with Crippen molar-refractivity contribution in [1.82, 2.24) is 15.0 Å². The molecule has 2 amide bonds. The maximum atomic E-state index is 17.3.